The van der Waals surface area contributed by atoms with Gasteiger partial charge in [-0.2, -0.15) is 5.10 Å². The maximum Gasteiger partial charge on any atom is 0.0695 e. The van der Waals surface area contributed by atoms with Crippen LogP contribution in [0.25, 0.3) is 11.3 Å². The highest BCUT2D eigenvalue weighted by molar-refractivity contribution is 5.62. The molecule has 2 rings (SSSR count). The molecule has 2 N–H and O–H groups in total. The quantitative estimate of drug-likeness (QED) is 0.673. The molecular formula is C17H25N3. The molecule has 3 nitrogen and oxygen atoms in total. The van der Waals surface area contributed by atoms with E-state index in [1.165, 1.54) is 43.2 Å². The van der Waals surface area contributed by atoms with Gasteiger partial charge in [-0.1, -0.05) is 62.9 Å². The zero-order chi connectivity index (χ0) is 14.0. The largest absolute Gasteiger partial charge is 0.313 e. The van der Waals surface area contributed by atoms with Gasteiger partial charge >= 0.3 is 0 Å². The topological polar surface area (TPSA) is 40.7 Å². The molecule has 1 aromatic heterocycles. The number of rotatable bonds is 9. The van der Waals surface area contributed by atoms with Gasteiger partial charge in [-0.25, -0.2) is 0 Å². The molecule has 0 bridgehead atoms. The van der Waals surface area contributed by atoms with E-state index in [2.05, 4.69) is 46.7 Å². The summed E-state index contributed by atoms with van der Waals surface area (Å²) in [6, 6.07) is 10.4. The molecule has 0 saturated carbocycles. The maximum absolute atomic E-state index is 4.17. The van der Waals surface area contributed by atoms with Gasteiger partial charge in [0.15, 0.2) is 0 Å². The van der Waals surface area contributed by atoms with Crippen LogP contribution in [0, 0.1) is 0 Å². The number of benzene rings is 1. The molecule has 2 aromatic rings. The second kappa shape index (κ2) is 8.54. The fourth-order valence-corrected chi connectivity index (χ4v) is 2.38. The lowest BCUT2D eigenvalue weighted by Crippen LogP contribution is -2.14. The summed E-state index contributed by atoms with van der Waals surface area (Å²) >= 11 is 0. The van der Waals surface area contributed by atoms with Crippen molar-refractivity contribution in [2.75, 3.05) is 6.54 Å². The summed E-state index contributed by atoms with van der Waals surface area (Å²) < 4.78 is 0. The molecular weight excluding hydrogens is 246 g/mol. The van der Waals surface area contributed by atoms with Crippen LogP contribution in [0.5, 0.6) is 0 Å². The SMILES string of the molecule is CCCCCCCNCc1cn[nH]c1-c1ccccc1. The van der Waals surface area contributed by atoms with Gasteiger partial charge < -0.3 is 5.32 Å². The van der Waals surface area contributed by atoms with E-state index in [1.807, 2.05) is 12.3 Å². The van der Waals surface area contributed by atoms with Crippen molar-refractivity contribution in [1.29, 1.82) is 0 Å². The minimum atomic E-state index is 0.883. The minimum absolute atomic E-state index is 0.883. The van der Waals surface area contributed by atoms with E-state index in [9.17, 15) is 0 Å². The molecule has 0 unspecified atom stereocenters. The lowest BCUT2D eigenvalue weighted by molar-refractivity contribution is 0.584. The van der Waals surface area contributed by atoms with Crippen molar-refractivity contribution in [3.8, 4) is 11.3 Å². The van der Waals surface area contributed by atoms with Gasteiger partial charge in [-0.3, -0.25) is 5.10 Å². The second-order valence-corrected chi connectivity index (χ2v) is 5.23. The Morgan fingerprint density at radius 3 is 2.65 bits per heavy atom. The van der Waals surface area contributed by atoms with Crippen LogP contribution in [0.1, 0.15) is 44.6 Å². The Bertz CT molecular complexity index is 476. The van der Waals surface area contributed by atoms with Crippen LogP contribution >= 0.6 is 0 Å². The molecule has 0 amide bonds. The van der Waals surface area contributed by atoms with Crippen LogP contribution in [-0.2, 0) is 6.54 Å². The number of hydrogen-bond acceptors (Lipinski definition) is 2. The Morgan fingerprint density at radius 2 is 1.85 bits per heavy atom. The normalized spacial score (nSPS) is 10.8. The van der Waals surface area contributed by atoms with Gasteiger partial charge in [0.1, 0.15) is 0 Å². The van der Waals surface area contributed by atoms with E-state index in [0.29, 0.717) is 0 Å². The standard InChI is InChI=1S/C17H25N3/c1-2-3-4-5-9-12-18-13-16-14-19-20-17(16)15-10-7-6-8-11-15/h6-8,10-11,14,18H,2-5,9,12-13H2,1H3,(H,19,20). The summed E-state index contributed by atoms with van der Waals surface area (Å²) in [5, 5.41) is 10.8. The number of H-pyrrole nitrogens is 1. The average molecular weight is 271 g/mol. The Morgan fingerprint density at radius 1 is 1.05 bits per heavy atom. The van der Waals surface area contributed by atoms with Crippen molar-refractivity contribution < 1.29 is 0 Å². The van der Waals surface area contributed by atoms with Crippen molar-refractivity contribution in [2.45, 2.75) is 45.6 Å². The molecule has 1 aromatic carbocycles. The number of aromatic amines is 1. The average Bonchev–Trinajstić information content (AvgIpc) is 2.96. The van der Waals surface area contributed by atoms with Crippen molar-refractivity contribution in [1.82, 2.24) is 15.5 Å². The number of nitrogens with one attached hydrogen (secondary N) is 2. The van der Waals surface area contributed by atoms with E-state index >= 15 is 0 Å². The van der Waals surface area contributed by atoms with Gasteiger partial charge in [0, 0.05) is 12.1 Å². The highest BCUT2D eigenvalue weighted by atomic mass is 15.1. The van der Waals surface area contributed by atoms with E-state index in [1.54, 1.807) is 0 Å². The smallest absolute Gasteiger partial charge is 0.0695 e. The van der Waals surface area contributed by atoms with Gasteiger partial charge in [-0.05, 0) is 18.5 Å². The maximum atomic E-state index is 4.17. The highest BCUT2D eigenvalue weighted by Crippen LogP contribution is 2.20. The van der Waals surface area contributed by atoms with Crippen molar-refractivity contribution in [2.24, 2.45) is 0 Å². The van der Waals surface area contributed by atoms with Crippen LogP contribution in [0.3, 0.4) is 0 Å². The van der Waals surface area contributed by atoms with Gasteiger partial charge in [0.25, 0.3) is 0 Å². The molecule has 0 aliphatic carbocycles. The molecule has 0 aliphatic rings. The third-order valence-corrected chi connectivity index (χ3v) is 3.55. The number of hydrogen-bond donors (Lipinski definition) is 2. The lowest BCUT2D eigenvalue weighted by atomic mass is 10.1. The fourth-order valence-electron chi connectivity index (χ4n) is 2.38. The first-order valence-electron chi connectivity index (χ1n) is 7.70. The summed E-state index contributed by atoms with van der Waals surface area (Å²) in [5.41, 5.74) is 3.57. The monoisotopic (exact) mass is 271 g/mol. The van der Waals surface area contributed by atoms with Gasteiger partial charge in [0.05, 0.1) is 11.9 Å². The third-order valence-electron chi connectivity index (χ3n) is 3.55. The predicted octanol–water partition coefficient (Wildman–Crippen LogP) is 4.14. The van der Waals surface area contributed by atoms with Crippen LogP contribution in [0.2, 0.25) is 0 Å². The molecule has 0 aliphatic heterocycles. The van der Waals surface area contributed by atoms with Crippen molar-refractivity contribution in [3.63, 3.8) is 0 Å². The minimum Gasteiger partial charge on any atom is -0.313 e. The summed E-state index contributed by atoms with van der Waals surface area (Å²) in [7, 11) is 0. The van der Waals surface area contributed by atoms with E-state index in [4.69, 9.17) is 0 Å². The molecule has 108 valence electrons. The predicted molar refractivity (Wildman–Crippen MR) is 84.5 cm³/mol. The molecule has 3 heteroatoms. The zero-order valence-electron chi connectivity index (χ0n) is 12.4. The number of nitrogens with zero attached hydrogens (tertiary/aromatic N) is 1. The highest BCUT2D eigenvalue weighted by Gasteiger charge is 2.06. The van der Waals surface area contributed by atoms with Crippen LogP contribution in [0.4, 0.5) is 0 Å². The summed E-state index contributed by atoms with van der Waals surface area (Å²) in [6.45, 7) is 4.22. The Balaban J connectivity index is 1.76. The summed E-state index contributed by atoms with van der Waals surface area (Å²) in [5.74, 6) is 0. The van der Waals surface area contributed by atoms with E-state index in [0.717, 1.165) is 18.8 Å². The molecule has 1 heterocycles. The molecule has 0 atom stereocenters. The number of unbranched alkanes of at least 4 members (excludes halogenated alkanes) is 4. The van der Waals surface area contributed by atoms with Crippen molar-refractivity contribution in [3.05, 3.63) is 42.1 Å². The van der Waals surface area contributed by atoms with E-state index < -0.39 is 0 Å². The molecule has 0 fully saturated rings. The van der Waals surface area contributed by atoms with E-state index in [-0.39, 0.29) is 0 Å². The molecule has 0 radical (unpaired) electrons. The first kappa shape index (κ1) is 14.8. The lowest BCUT2D eigenvalue weighted by Gasteiger charge is -2.06. The first-order chi connectivity index (χ1) is 9.92. The first-order valence-corrected chi connectivity index (χ1v) is 7.70. The number of aromatic nitrogens is 2. The fraction of sp³-hybridized carbons (Fsp3) is 0.471. The Labute approximate surface area is 121 Å². The van der Waals surface area contributed by atoms with Crippen molar-refractivity contribution >= 4 is 0 Å². The van der Waals surface area contributed by atoms with Crippen LogP contribution in [-0.4, -0.2) is 16.7 Å². The molecule has 20 heavy (non-hydrogen) atoms. The molecule has 0 saturated heterocycles. The zero-order valence-corrected chi connectivity index (χ0v) is 12.4. The second-order valence-electron chi connectivity index (χ2n) is 5.23. The van der Waals surface area contributed by atoms with Gasteiger partial charge in [-0.15, -0.1) is 0 Å². The van der Waals surface area contributed by atoms with Gasteiger partial charge in [0.2, 0.25) is 0 Å². The Hall–Kier alpha value is -1.61. The summed E-state index contributed by atoms with van der Waals surface area (Å²) in [6.07, 6.45) is 8.55. The molecule has 0 spiro atoms. The Kier molecular flexibility index (Phi) is 6.32. The third kappa shape index (κ3) is 4.49. The van der Waals surface area contributed by atoms with Crippen LogP contribution < -0.4 is 5.32 Å². The van der Waals surface area contributed by atoms with Crippen LogP contribution in [0.15, 0.2) is 36.5 Å². The summed E-state index contributed by atoms with van der Waals surface area (Å²) in [4.78, 5) is 0.